The Labute approximate surface area is 109 Å². The van der Waals surface area contributed by atoms with Gasteiger partial charge in [-0.05, 0) is 31.6 Å². The van der Waals surface area contributed by atoms with Crippen molar-refractivity contribution in [3.05, 3.63) is 0 Å². The van der Waals surface area contributed by atoms with Crippen LogP contribution in [0.15, 0.2) is 0 Å². The van der Waals surface area contributed by atoms with E-state index in [1.165, 1.54) is 0 Å². The molecule has 1 rings (SSSR count). The number of halogens is 2. The van der Waals surface area contributed by atoms with Crippen molar-refractivity contribution in [2.24, 2.45) is 5.92 Å². The van der Waals surface area contributed by atoms with Gasteiger partial charge in [0.05, 0.1) is 6.10 Å². The fourth-order valence-electron chi connectivity index (χ4n) is 2.39. The number of terminal acetylenes is 1. The largest absolute Gasteiger partial charge is 0.359 e. The zero-order valence-corrected chi connectivity index (χ0v) is 11.4. The number of hydrogen-bond donors (Lipinski definition) is 0. The third-order valence-electron chi connectivity index (χ3n) is 3.70. The van der Waals surface area contributed by atoms with Gasteiger partial charge >= 0.3 is 0 Å². The van der Waals surface area contributed by atoms with Crippen molar-refractivity contribution in [1.82, 2.24) is 0 Å². The lowest BCUT2D eigenvalue weighted by molar-refractivity contribution is -0.0893. The number of hydrogen-bond acceptors (Lipinski definition) is 1. The van der Waals surface area contributed by atoms with Crippen molar-refractivity contribution in [2.75, 3.05) is 0 Å². The van der Waals surface area contributed by atoms with Crippen LogP contribution in [0.5, 0.6) is 0 Å². The van der Waals surface area contributed by atoms with Crippen molar-refractivity contribution < 1.29 is 13.5 Å². The fraction of sp³-hybridized carbons (Fsp3) is 0.867. The average molecular weight is 258 g/mol. The Morgan fingerprint density at radius 1 is 1.28 bits per heavy atom. The van der Waals surface area contributed by atoms with E-state index in [4.69, 9.17) is 11.2 Å². The third-order valence-corrected chi connectivity index (χ3v) is 3.70. The van der Waals surface area contributed by atoms with Crippen LogP contribution in [0.3, 0.4) is 0 Å². The molecule has 5 atom stereocenters. The molecule has 0 aromatic rings. The van der Waals surface area contributed by atoms with Crippen molar-refractivity contribution in [1.29, 1.82) is 0 Å². The minimum Gasteiger partial charge on any atom is -0.359 e. The Hall–Kier alpha value is -0.620. The quantitative estimate of drug-likeness (QED) is 0.515. The zero-order chi connectivity index (χ0) is 13.5. The van der Waals surface area contributed by atoms with E-state index < -0.39 is 18.4 Å². The van der Waals surface area contributed by atoms with Crippen LogP contribution in [0.1, 0.15) is 52.4 Å². The molecule has 0 aromatic carbocycles. The summed E-state index contributed by atoms with van der Waals surface area (Å²) in [4.78, 5) is 0. The summed E-state index contributed by atoms with van der Waals surface area (Å²) in [6.45, 7) is 3.85. The van der Waals surface area contributed by atoms with E-state index in [0.29, 0.717) is 12.8 Å². The molecule has 5 unspecified atom stereocenters. The van der Waals surface area contributed by atoms with Crippen LogP contribution in [-0.4, -0.2) is 24.6 Å². The topological polar surface area (TPSA) is 9.23 Å². The molecule has 0 aliphatic heterocycles. The molecule has 1 aliphatic carbocycles. The third kappa shape index (κ3) is 4.24. The summed E-state index contributed by atoms with van der Waals surface area (Å²) in [5, 5.41) is 0. The summed E-state index contributed by atoms with van der Waals surface area (Å²) in [6.07, 6.45) is 6.54. The first-order valence-electron chi connectivity index (χ1n) is 6.99. The number of rotatable bonds is 6. The molecule has 0 N–H and O–H groups in total. The normalized spacial score (nSPS) is 33.9. The van der Waals surface area contributed by atoms with Crippen LogP contribution in [0.2, 0.25) is 0 Å². The highest BCUT2D eigenvalue weighted by molar-refractivity contribution is 4.97. The van der Waals surface area contributed by atoms with Gasteiger partial charge in [-0.25, -0.2) is 8.78 Å². The fourth-order valence-corrected chi connectivity index (χ4v) is 2.39. The molecule has 18 heavy (non-hydrogen) atoms. The minimum atomic E-state index is -1.53. The van der Waals surface area contributed by atoms with Crippen molar-refractivity contribution in [2.45, 2.75) is 76.9 Å². The first kappa shape index (κ1) is 15.4. The molecule has 1 fully saturated rings. The molecule has 1 nitrogen and oxygen atoms in total. The maximum atomic E-state index is 13.8. The summed E-state index contributed by atoms with van der Waals surface area (Å²) in [6, 6.07) is 0. The Morgan fingerprint density at radius 3 is 2.61 bits per heavy atom. The van der Waals surface area contributed by atoms with Crippen LogP contribution in [0.4, 0.5) is 8.78 Å². The lowest BCUT2D eigenvalue weighted by Crippen LogP contribution is -2.43. The molecule has 1 aliphatic rings. The Kier molecular flexibility index (Phi) is 6.63. The molecule has 0 radical (unpaired) electrons. The summed E-state index contributed by atoms with van der Waals surface area (Å²) in [5.74, 6) is 2.33. The molecule has 0 spiro atoms. The Bertz CT molecular complexity index is 274. The molecule has 0 aromatic heterocycles. The molecule has 104 valence electrons. The predicted octanol–water partition coefficient (Wildman–Crippen LogP) is 4.06. The van der Waals surface area contributed by atoms with E-state index in [-0.39, 0.29) is 12.0 Å². The van der Waals surface area contributed by atoms with E-state index in [1.807, 2.05) is 0 Å². The van der Waals surface area contributed by atoms with Gasteiger partial charge in [0.25, 0.3) is 0 Å². The smallest absolute Gasteiger partial charge is 0.157 e. The Morgan fingerprint density at radius 2 is 2.00 bits per heavy atom. The highest BCUT2D eigenvalue weighted by Gasteiger charge is 2.39. The number of ether oxygens (including phenoxy) is 1. The van der Waals surface area contributed by atoms with Crippen molar-refractivity contribution in [3.63, 3.8) is 0 Å². The molecule has 0 bridgehead atoms. The zero-order valence-electron chi connectivity index (χ0n) is 11.4. The van der Waals surface area contributed by atoms with Gasteiger partial charge in [-0.2, -0.15) is 0 Å². The number of alkyl halides is 2. The monoisotopic (exact) mass is 258 g/mol. The minimum absolute atomic E-state index is 0.218. The standard InChI is InChI=1S/C15H24F2O/c1-4-6-7-8-12(5-2)18-13-10-9-11(3)14(16)15(13)17/h2,11-15H,4,6-10H2,1,3H3. The van der Waals surface area contributed by atoms with Gasteiger partial charge in [0, 0.05) is 0 Å². The van der Waals surface area contributed by atoms with Gasteiger partial charge < -0.3 is 4.74 Å². The van der Waals surface area contributed by atoms with Gasteiger partial charge in [0.15, 0.2) is 6.17 Å². The number of unbranched alkanes of at least 4 members (excludes halogenated alkanes) is 2. The predicted molar refractivity (Wildman–Crippen MR) is 69.8 cm³/mol. The summed E-state index contributed by atoms with van der Waals surface area (Å²) in [5.41, 5.74) is 0. The Balaban J connectivity index is 2.42. The maximum absolute atomic E-state index is 13.8. The van der Waals surface area contributed by atoms with Crippen molar-refractivity contribution >= 4 is 0 Å². The van der Waals surface area contributed by atoms with Crippen LogP contribution in [-0.2, 0) is 4.74 Å². The second-order valence-corrected chi connectivity index (χ2v) is 5.27. The summed E-state index contributed by atoms with van der Waals surface area (Å²) < 4.78 is 33.0. The van der Waals surface area contributed by atoms with Crippen LogP contribution in [0.25, 0.3) is 0 Å². The highest BCUT2D eigenvalue weighted by atomic mass is 19.2. The van der Waals surface area contributed by atoms with Gasteiger partial charge in [-0.15, -0.1) is 6.42 Å². The van der Waals surface area contributed by atoms with Crippen LogP contribution in [0, 0.1) is 18.3 Å². The molecule has 3 heteroatoms. The van der Waals surface area contributed by atoms with Crippen molar-refractivity contribution in [3.8, 4) is 12.3 Å². The van der Waals surface area contributed by atoms with Gasteiger partial charge in [0.2, 0.25) is 0 Å². The average Bonchev–Trinajstić information content (AvgIpc) is 2.38. The van der Waals surface area contributed by atoms with E-state index in [1.54, 1.807) is 6.92 Å². The van der Waals surface area contributed by atoms with E-state index in [0.717, 1.165) is 25.7 Å². The molecule has 0 heterocycles. The van der Waals surface area contributed by atoms with Gasteiger partial charge in [0.1, 0.15) is 12.3 Å². The SMILES string of the molecule is C#CC(CCCCC)OC1CCC(C)C(F)C1F. The van der Waals surface area contributed by atoms with E-state index >= 15 is 0 Å². The van der Waals surface area contributed by atoms with E-state index in [2.05, 4.69) is 12.8 Å². The van der Waals surface area contributed by atoms with Gasteiger partial charge in [-0.1, -0.05) is 32.6 Å². The summed E-state index contributed by atoms with van der Waals surface area (Å²) in [7, 11) is 0. The molecule has 0 saturated heterocycles. The maximum Gasteiger partial charge on any atom is 0.157 e. The first-order chi connectivity index (χ1) is 8.60. The molecular weight excluding hydrogens is 234 g/mol. The molecule has 1 saturated carbocycles. The highest BCUT2D eigenvalue weighted by Crippen LogP contribution is 2.32. The second kappa shape index (κ2) is 7.74. The van der Waals surface area contributed by atoms with Gasteiger partial charge in [-0.3, -0.25) is 0 Å². The van der Waals surface area contributed by atoms with Crippen LogP contribution >= 0.6 is 0 Å². The van der Waals surface area contributed by atoms with E-state index in [9.17, 15) is 8.78 Å². The second-order valence-electron chi connectivity index (χ2n) is 5.27. The lowest BCUT2D eigenvalue weighted by atomic mass is 9.85. The van der Waals surface area contributed by atoms with Crippen LogP contribution < -0.4 is 0 Å². The molecular formula is C15H24F2O. The first-order valence-corrected chi connectivity index (χ1v) is 6.99. The summed E-state index contributed by atoms with van der Waals surface area (Å²) >= 11 is 0. The molecule has 0 amide bonds. The lowest BCUT2D eigenvalue weighted by Gasteiger charge is -2.34.